The molecule has 126 valence electrons. The van der Waals surface area contributed by atoms with Gasteiger partial charge in [0, 0.05) is 17.3 Å². The summed E-state index contributed by atoms with van der Waals surface area (Å²) in [6.45, 7) is 6.43. The van der Waals surface area contributed by atoms with Crippen molar-refractivity contribution in [2.75, 3.05) is 31.1 Å². The lowest BCUT2D eigenvalue weighted by Gasteiger charge is -2.38. The molecule has 0 bridgehead atoms. The van der Waals surface area contributed by atoms with Crippen LogP contribution in [0.4, 0.5) is 5.69 Å². The minimum Gasteiger partial charge on any atom is -0.312 e. The molecule has 3 nitrogen and oxygen atoms in total. The molecule has 4 heteroatoms. The Labute approximate surface area is 144 Å². The maximum absolute atomic E-state index is 13.0. The molecule has 23 heavy (non-hydrogen) atoms. The van der Waals surface area contributed by atoms with Gasteiger partial charge in [-0.05, 0) is 69.6 Å². The summed E-state index contributed by atoms with van der Waals surface area (Å²) in [6.07, 6.45) is 6.90. The van der Waals surface area contributed by atoms with Crippen LogP contribution in [0.15, 0.2) is 24.3 Å². The van der Waals surface area contributed by atoms with Crippen LogP contribution in [0, 0.1) is 5.41 Å². The number of rotatable bonds is 5. The second kappa shape index (κ2) is 7.23. The maximum atomic E-state index is 13.0. The molecule has 0 aromatic heterocycles. The third-order valence-electron chi connectivity index (χ3n) is 5.54. The molecule has 0 N–H and O–H groups in total. The molecule has 1 aromatic rings. The van der Waals surface area contributed by atoms with Crippen LogP contribution in [0.2, 0.25) is 5.02 Å². The number of unbranched alkanes of at least 4 members (excludes halogenated alkanes) is 2. The predicted octanol–water partition coefficient (Wildman–Crippen LogP) is 4.35. The van der Waals surface area contributed by atoms with Crippen LogP contribution in [-0.2, 0) is 4.79 Å². The normalized spacial score (nSPS) is 21.3. The van der Waals surface area contributed by atoms with E-state index in [1.54, 1.807) is 0 Å². The van der Waals surface area contributed by atoms with Gasteiger partial charge in [0.1, 0.15) is 0 Å². The quantitative estimate of drug-likeness (QED) is 0.747. The molecule has 2 fully saturated rings. The number of piperidine rings is 1. The first-order chi connectivity index (χ1) is 11.1. The number of amides is 1. The fourth-order valence-electron chi connectivity index (χ4n) is 3.94. The summed E-state index contributed by atoms with van der Waals surface area (Å²) in [5.74, 6) is 0.327. The average Bonchev–Trinajstić information content (AvgIpc) is 2.88. The number of nitrogens with zero attached hydrogens (tertiary/aromatic N) is 2. The first-order valence-corrected chi connectivity index (χ1v) is 9.32. The molecule has 0 saturated carbocycles. The molecule has 2 heterocycles. The highest BCUT2D eigenvalue weighted by molar-refractivity contribution is 6.30. The Balaban J connectivity index is 1.60. The molecule has 1 amide bonds. The zero-order chi connectivity index (χ0) is 16.3. The summed E-state index contributed by atoms with van der Waals surface area (Å²) in [6, 6.07) is 7.65. The van der Waals surface area contributed by atoms with Crippen molar-refractivity contribution in [2.45, 2.75) is 45.4 Å². The van der Waals surface area contributed by atoms with Gasteiger partial charge in [0.05, 0.1) is 5.41 Å². The summed E-state index contributed by atoms with van der Waals surface area (Å²) in [7, 11) is 0. The van der Waals surface area contributed by atoms with Gasteiger partial charge >= 0.3 is 0 Å². The van der Waals surface area contributed by atoms with Gasteiger partial charge in [0.2, 0.25) is 5.91 Å². The maximum Gasteiger partial charge on any atom is 0.233 e. The summed E-state index contributed by atoms with van der Waals surface area (Å²) in [5, 5.41) is 0.718. The van der Waals surface area contributed by atoms with Crippen LogP contribution in [0.5, 0.6) is 0 Å². The van der Waals surface area contributed by atoms with E-state index in [0.29, 0.717) is 5.91 Å². The van der Waals surface area contributed by atoms with Gasteiger partial charge in [0.25, 0.3) is 0 Å². The molecule has 2 aliphatic rings. The van der Waals surface area contributed by atoms with E-state index in [-0.39, 0.29) is 5.41 Å². The van der Waals surface area contributed by atoms with Gasteiger partial charge < -0.3 is 9.80 Å². The van der Waals surface area contributed by atoms with Crippen molar-refractivity contribution in [3.8, 4) is 0 Å². The van der Waals surface area contributed by atoms with E-state index in [0.717, 1.165) is 49.6 Å². The van der Waals surface area contributed by atoms with Crippen molar-refractivity contribution in [1.82, 2.24) is 4.90 Å². The molecular weight excluding hydrogens is 308 g/mol. The number of carbonyl (C=O) groups is 1. The van der Waals surface area contributed by atoms with Crippen molar-refractivity contribution in [3.05, 3.63) is 29.3 Å². The second-order valence-electron chi connectivity index (χ2n) is 7.01. The smallest absolute Gasteiger partial charge is 0.233 e. The Morgan fingerprint density at radius 1 is 1.04 bits per heavy atom. The average molecular weight is 335 g/mol. The largest absolute Gasteiger partial charge is 0.312 e. The van der Waals surface area contributed by atoms with Crippen LogP contribution in [0.1, 0.15) is 45.4 Å². The van der Waals surface area contributed by atoms with Crippen molar-refractivity contribution >= 4 is 23.2 Å². The molecule has 1 aromatic carbocycles. The van der Waals surface area contributed by atoms with E-state index < -0.39 is 0 Å². The Morgan fingerprint density at radius 2 is 1.70 bits per heavy atom. The third-order valence-corrected chi connectivity index (χ3v) is 5.79. The van der Waals surface area contributed by atoms with Crippen LogP contribution in [0.3, 0.4) is 0 Å². The minimum absolute atomic E-state index is 0.110. The highest BCUT2D eigenvalue weighted by Gasteiger charge is 2.48. The number of carbonyl (C=O) groups excluding carboxylic acids is 1. The highest BCUT2D eigenvalue weighted by atomic mass is 35.5. The lowest BCUT2D eigenvalue weighted by atomic mass is 9.77. The SMILES string of the molecule is CCCCCN1CCC2(CC1)CCN(c1ccc(Cl)cc1)C2=O. The molecule has 2 saturated heterocycles. The number of hydrogen-bond donors (Lipinski definition) is 0. The Morgan fingerprint density at radius 3 is 2.35 bits per heavy atom. The van der Waals surface area contributed by atoms with E-state index in [2.05, 4.69) is 11.8 Å². The minimum atomic E-state index is -0.110. The van der Waals surface area contributed by atoms with Gasteiger partial charge in [0.15, 0.2) is 0 Å². The van der Waals surface area contributed by atoms with Gasteiger partial charge in [-0.25, -0.2) is 0 Å². The van der Waals surface area contributed by atoms with Gasteiger partial charge in [-0.15, -0.1) is 0 Å². The van der Waals surface area contributed by atoms with Crippen LogP contribution < -0.4 is 4.90 Å². The van der Waals surface area contributed by atoms with Crippen molar-refractivity contribution in [1.29, 1.82) is 0 Å². The van der Waals surface area contributed by atoms with Gasteiger partial charge in [-0.2, -0.15) is 0 Å². The fourth-order valence-corrected chi connectivity index (χ4v) is 4.07. The van der Waals surface area contributed by atoms with Crippen LogP contribution in [0.25, 0.3) is 0 Å². The Kier molecular flexibility index (Phi) is 5.27. The van der Waals surface area contributed by atoms with E-state index in [4.69, 9.17) is 11.6 Å². The summed E-state index contributed by atoms with van der Waals surface area (Å²) in [4.78, 5) is 17.5. The van der Waals surface area contributed by atoms with Gasteiger partial charge in [-0.3, -0.25) is 4.79 Å². The number of benzene rings is 1. The number of halogens is 1. The van der Waals surface area contributed by atoms with E-state index in [9.17, 15) is 4.79 Å². The third kappa shape index (κ3) is 3.56. The lowest BCUT2D eigenvalue weighted by Crippen LogP contribution is -2.45. The highest BCUT2D eigenvalue weighted by Crippen LogP contribution is 2.43. The number of likely N-dealkylation sites (tertiary alicyclic amines) is 1. The molecule has 0 aliphatic carbocycles. The van der Waals surface area contributed by atoms with E-state index in [1.165, 1.54) is 25.8 Å². The first-order valence-electron chi connectivity index (χ1n) is 8.94. The standard InChI is InChI=1S/C19H27ClN2O/c1-2-3-4-12-21-13-9-19(10-14-21)11-15-22(18(19)23)17-7-5-16(20)6-8-17/h5-8H,2-4,9-15H2,1H3. The summed E-state index contributed by atoms with van der Waals surface area (Å²) in [5.41, 5.74) is 0.877. The van der Waals surface area contributed by atoms with Crippen LogP contribution >= 0.6 is 11.6 Å². The van der Waals surface area contributed by atoms with Gasteiger partial charge in [-0.1, -0.05) is 31.4 Å². The molecule has 0 unspecified atom stereocenters. The number of hydrogen-bond acceptors (Lipinski definition) is 2. The zero-order valence-electron chi connectivity index (χ0n) is 14.1. The molecule has 1 spiro atoms. The zero-order valence-corrected chi connectivity index (χ0v) is 14.8. The fraction of sp³-hybridized carbons (Fsp3) is 0.632. The first kappa shape index (κ1) is 16.8. The van der Waals surface area contributed by atoms with E-state index in [1.807, 2.05) is 29.2 Å². The van der Waals surface area contributed by atoms with Crippen LogP contribution in [-0.4, -0.2) is 37.0 Å². The van der Waals surface area contributed by atoms with E-state index >= 15 is 0 Å². The lowest BCUT2D eigenvalue weighted by molar-refractivity contribution is -0.128. The van der Waals surface area contributed by atoms with Crippen molar-refractivity contribution in [2.24, 2.45) is 5.41 Å². The summed E-state index contributed by atoms with van der Waals surface area (Å²) < 4.78 is 0. The Hall–Kier alpha value is -1.06. The topological polar surface area (TPSA) is 23.6 Å². The number of anilines is 1. The molecule has 0 radical (unpaired) electrons. The Bertz CT molecular complexity index is 535. The molecule has 0 atom stereocenters. The van der Waals surface area contributed by atoms with Crippen molar-refractivity contribution < 1.29 is 4.79 Å². The summed E-state index contributed by atoms with van der Waals surface area (Å²) >= 11 is 5.96. The predicted molar refractivity (Wildman–Crippen MR) is 96.1 cm³/mol. The molecule has 2 aliphatic heterocycles. The van der Waals surface area contributed by atoms with Crippen molar-refractivity contribution in [3.63, 3.8) is 0 Å². The molecular formula is C19H27ClN2O. The monoisotopic (exact) mass is 334 g/mol. The second-order valence-corrected chi connectivity index (χ2v) is 7.45. The molecule has 3 rings (SSSR count).